The minimum absolute atomic E-state index is 0.0711. The van der Waals surface area contributed by atoms with Crippen LogP contribution in [0.3, 0.4) is 0 Å². The van der Waals surface area contributed by atoms with E-state index < -0.39 is 6.04 Å². The van der Waals surface area contributed by atoms with Gasteiger partial charge in [0.15, 0.2) is 0 Å². The molecule has 0 aliphatic heterocycles. The summed E-state index contributed by atoms with van der Waals surface area (Å²) in [5.41, 5.74) is 8.03. The molecule has 2 rings (SSSR count). The molecule has 1 aromatic carbocycles. The molecule has 0 bridgehead atoms. The maximum Gasteiger partial charge on any atom is 0.241 e. The number of carbonyl (C=O) groups excluding carboxylic acids is 1. The monoisotopic (exact) mass is 246 g/mol. The molecular formula is C15H22N2O. The molecule has 2 atom stereocenters. The van der Waals surface area contributed by atoms with Gasteiger partial charge in [0.2, 0.25) is 5.91 Å². The van der Waals surface area contributed by atoms with Crippen molar-refractivity contribution in [2.24, 2.45) is 11.7 Å². The SMILES string of the molecule is Cc1ccc(C(N)C(=O)NC(C)C2CCC2)cc1. The van der Waals surface area contributed by atoms with Crippen LogP contribution >= 0.6 is 0 Å². The molecule has 98 valence electrons. The Kier molecular flexibility index (Phi) is 4.02. The first-order valence-electron chi connectivity index (χ1n) is 6.70. The summed E-state index contributed by atoms with van der Waals surface area (Å²) >= 11 is 0. The van der Waals surface area contributed by atoms with Crippen molar-refractivity contribution in [3.05, 3.63) is 35.4 Å². The van der Waals surface area contributed by atoms with E-state index in [0.29, 0.717) is 5.92 Å². The Hall–Kier alpha value is -1.35. The van der Waals surface area contributed by atoms with Crippen LogP contribution in [0.1, 0.15) is 43.4 Å². The number of aryl methyl sites for hydroxylation is 1. The van der Waals surface area contributed by atoms with Gasteiger partial charge in [0, 0.05) is 6.04 Å². The van der Waals surface area contributed by atoms with E-state index in [1.807, 2.05) is 31.2 Å². The van der Waals surface area contributed by atoms with Crippen LogP contribution in [0.2, 0.25) is 0 Å². The lowest BCUT2D eigenvalue weighted by atomic mass is 9.80. The molecule has 2 unspecified atom stereocenters. The lowest BCUT2D eigenvalue weighted by molar-refractivity contribution is -0.123. The van der Waals surface area contributed by atoms with Crippen molar-refractivity contribution in [1.82, 2.24) is 5.32 Å². The third-order valence-corrected chi connectivity index (χ3v) is 3.95. The number of hydrogen-bond donors (Lipinski definition) is 2. The average molecular weight is 246 g/mol. The Morgan fingerprint density at radius 2 is 1.94 bits per heavy atom. The number of benzene rings is 1. The first-order valence-corrected chi connectivity index (χ1v) is 6.70. The molecule has 18 heavy (non-hydrogen) atoms. The molecular weight excluding hydrogens is 224 g/mol. The zero-order valence-electron chi connectivity index (χ0n) is 11.1. The third kappa shape index (κ3) is 2.91. The Labute approximate surface area is 109 Å². The number of nitrogens with one attached hydrogen (secondary N) is 1. The molecule has 0 aromatic heterocycles. The summed E-state index contributed by atoms with van der Waals surface area (Å²) < 4.78 is 0. The minimum Gasteiger partial charge on any atom is -0.352 e. The molecule has 1 aliphatic carbocycles. The molecule has 1 saturated carbocycles. The Balaban J connectivity index is 1.93. The standard InChI is InChI=1S/C15H22N2O/c1-10-6-8-13(9-7-10)14(16)15(18)17-11(2)12-4-3-5-12/h6-9,11-12,14H,3-5,16H2,1-2H3,(H,17,18). The van der Waals surface area contributed by atoms with Gasteiger partial charge in [-0.1, -0.05) is 36.2 Å². The van der Waals surface area contributed by atoms with Gasteiger partial charge in [0.1, 0.15) is 6.04 Å². The molecule has 1 fully saturated rings. The summed E-state index contributed by atoms with van der Waals surface area (Å²) in [6, 6.07) is 7.49. The largest absolute Gasteiger partial charge is 0.352 e. The van der Waals surface area contributed by atoms with Gasteiger partial charge in [-0.25, -0.2) is 0 Å². The van der Waals surface area contributed by atoms with Crippen molar-refractivity contribution < 1.29 is 4.79 Å². The Morgan fingerprint density at radius 1 is 1.33 bits per heavy atom. The second kappa shape index (κ2) is 5.53. The third-order valence-electron chi connectivity index (χ3n) is 3.95. The van der Waals surface area contributed by atoms with Gasteiger partial charge >= 0.3 is 0 Å². The number of nitrogens with two attached hydrogens (primary N) is 1. The fraction of sp³-hybridized carbons (Fsp3) is 0.533. The van der Waals surface area contributed by atoms with Crippen LogP contribution in [0.4, 0.5) is 0 Å². The highest BCUT2D eigenvalue weighted by Gasteiger charge is 2.26. The number of amides is 1. The molecule has 3 N–H and O–H groups in total. The smallest absolute Gasteiger partial charge is 0.241 e. The van der Waals surface area contributed by atoms with E-state index in [0.717, 1.165) is 5.56 Å². The number of carbonyl (C=O) groups is 1. The van der Waals surface area contributed by atoms with Gasteiger partial charge in [-0.3, -0.25) is 4.79 Å². The molecule has 3 nitrogen and oxygen atoms in total. The van der Waals surface area contributed by atoms with E-state index in [4.69, 9.17) is 5.73 Å². The van der Waals surface area contributed by atoms with E-state index in [-0.39, 0.29) is 11.9 Å². The van der Waals surface area contributed by atoms with Crippen LogP contribution in [-0.2, 0) is 4.79 Å². The zero-order chi connectivity index (χ0) is 13.1. The lowest BCUT2D eigenvalue weighted by Crippen LogP contribution is -2.44. The van der Waals surface area contributed by atoms with Crippen molar-refractivity contribution in [2.45, 2.75) is 45.2 Å². The normalized spacial score (nSPS) is 18.8. The summed E-state index contributed by atoms with van der Waals surface area (Å²) in [6.07, 6.45) is 3.73. The van der Waals surface area contributed by atoms with Crippen molar-refractivity contribution in [2.75, 3.05) is 0 Å². The quantitative estimate of drug-likeness (QED) is 0.856. The fourth-order valence-corrected chi connectivity index (χ4v) is 2.30. The highest BCUT2D eigenvalue weighted by Crippen LogP contribution is 2.29. The second-order valence-electron chi connectivity index (χ2n) is 5.38. The van der Waals surface area contributed by atoms with Crippen LogP contribution in [0.25, 0.3) is 0 Å². The van der Waals surface area contributed by atoms with E-state index in [2.05, 4.69) is 12.2 Å². The van der Waals surface area contributed by atoms with E-state index >= 15 is 0 Å². The van der Waals surface area contributed by atoms with E-state index in [1.54, 1.807) is 0 Å². The topological polar surface area (TPSA) is 55.1 Å². The van der Waals surface area contributed by atoms with E-state index in [1.165, 1.54) is 24.8 Å². The van der Waals surface area contributed by atoms with Crippen molar-refractivity contribution >= 4 is 5.91 Å². The molecule has 1 amide bonds. The van der Waals surface area contributed by atoms with Gasteiger partial charge in [0.25, 0.3) is 0 Å². The number of hydrogen-bond acceptors (Lipinski definition) is 2. The maximum atomic E-state index is 12.0. The summed E-state index contributed by atoms with van der Waals surface area (Å²) in [5, 5.41) is 3.03. The second-order valence-corrected chi connectivity index (χ2v) is 5.38. The highest BCUT2D eigenvalue weighted by atomic mass is 16.2. The summed E-state index contributed by atoms with van der Waals surface area (Å²) in [4.78, 5) is 12.0. The van der Waals surface area contributed by atoms with E-state index in [9.17, 15) is 4.79 Å². The Bertz CT molecular complexity index is 409. The van der Waals surface area contributed by atoms with Crippen LogP contribution in [-0.4, -0.2) is 11.9 Å². The molecule has 0 saturated heterocycles. The maximum absolute atomic E-state index is 12.0. The first kappa shape index (κ1) is 13.1. The van der Waals surface area contributed by atoms with Gasteiger partial charge in [-0.15, -0.1) is 0 Å². The van der Waals surface area contributed by atoms with Crippen molar-refractivity contribution in [3.8, 4) is 0 Å². The molecule has 3 heteroatoms. The predicted octanol–water partition coefficient (Wildman–Crippen LogP) is 2.30. The summed E-state index contributed by atoms with van der Waals surface area (Å²) in [5.74, 6) is 0.567. The average Bonchev–Trinajstić information content (AvgIpc) is 2.26. The molecule has 0 spiro atoms. The van der Waals surface area contributed by atoms with Crippen molar-refractivity contribution in [3.63, 3.8) is 0 Å². The van der Waals surface area contributed by atoms with Gasteiger partial charge in [-0.2, -0.15) is 0 Å². The number of rotatable bonds is 4. The van der Waals surface area contributed by atoms with Crippen LogP contribution in [0.15, 0.2) is 24.3 Å². The molecule has 0 heterocycles. The molecule has 0 radical (unpaired) electrons. The van der Waals surface area contributed by atoms with Crippen LogP contribution in [0, 0.1) is 12.8 Å². The molecule has 1 aliphatic rings. The van der Waals surface area contributed by atoms with Crippen LogP contribution in [0.5, 0.6) is 0 Å². The lowest BCUT2D eigenvalue weighted by Gasteiger charge is -2.32. The van der Waals surface area contributed by atoms with Crippen molar-refractivity contribution in [1.29, 1.82) is 0 Å². The van der Waals surface area contributed by atoms with Crippen LogP contribution < -0.4 is 11.1 Å². The first-order chi connectivity index (χ1) is 8.58. The summed E-state index contributed by atoms with van der Waals surface area (Å²) in [7, 11) is 0. The fourth-order valence-electron chi connectivity index (χ4n) is 2.30. The zero-order valence-corrected chi connectivity index (χ0v) is 11.1. The highest BCUT2D eigenvalue weighted by molar-refractivity contribution is 5.83. The van der Waals surface area contributed by atoms with Gasteiger partial charge in [-0.05, 0) is 38.2 Å². The predicted molar refractivity (Wildman–Crippen MR) is 73.1 cm³/mol. The summed E-state index contributed by atoms with van der Waals surface area (Å²) in [6.45, 7) is 4.09. The van der Waals surface area contributed by atoms with Gasteiger partial charge in [0.05, 0.1) is 0 Å². The minimum atomic E-state index is -0.562. The van der Waals surface area contributed by atoms with Gasteiger partial charge < -0.3 is 11.1 Å². The molecule has 1 aromatic rings. The Morgan fingerprint density at radius 3 is 2.44 bits per heavy atom.